The molecular formula is C54H79N7O11S. The Hall–Kier alpha value is -5.17. The molecule has 19 heteroatoms. The van der Waals surface area contributed by atoms with Crippen molar-refractivity contribution >= 4 is 50.8 Å². The molecule has 3 N–H and O–H groups in total. The summed E-state index contributed by atoms with van der Waals surface area (Å²) in [5.41, 5.74) is -0.895. The summed E-state index contributed by atoms with van der Waals surface area (Å²) in [5, 5.41) is 6.69. The predicted molar refractivity (Wildman–Crippen MR) is 275 cm³/mol. The summed E-state index contributed by atoms with van der Waals surface area (Å²) in [6.07, 6.45) is 10.1. The first kappa shape index (κ1) is 54.1. The second kappa shape index (κ2) is 22.4. The average molecular weight is 1030 g/mol. The molecule has 5 fully saturated rings. The lowest BCUT2D eigenvalue weighted by atomic mass is 9.83. The Morgan fingerprint density at radius 3 is 2.33 bits per heavy atom. The molecule has 18 nitrogen and oxygen atoms in total. The molecule has 402 valence electrons. The summed E-state index contributed by atoms with van der Waals surface area (Å²) in [4.78, 5) is 81.4. The Morgan fingerprint density at radius 2 is 1.64 bits per heavy atom. The monoisotopic (exact) mass is 1030 g/mol. The zero-order valence-electron chi connectivity index (χ0n) is 43.9. The van der Waals surface area contributed by atoms with Crippen LogP contribution in [-0.4, -0.2) is 144 Å². The van der Waals surface area contributed by atoms with E-state index in [1.807, 2.05) is 45.0 Å². The third-order valence-electron chi connectivity index (χ3n) is 16.1. The number of alkyl carbamates (subject to hydrolysis) is 1. The number of hydrogen-bond donors (Lipinski definition) is 3. The summed E-state index contributed by atoms with van der Waals surface area (Å²) in [6.45, 7) is 17.9. The Labute approximate surface area is 431 Å². The van der Waals surface area contributed by atoms with Crippen LogP contribution in [0.2, 0.25) is 0 Å². The van der Waals surface area contributed by atoms with Gasteiger partial charge in [-0.3, -0.25) is 24.0 Å². The number of nitrogens with zero attached hydrogens (tertiary/aromatic N) is 4. The Kier molecular flexibility index (Phi) is 16.6. The molecule has 8 rings (SSSR count). The fourth-order valence-electron chi connectivity index (χ4n) is 10.8. The number of piperazine rings is 1. The lowest BCUT2D eigenvalue weighted by Crippen LogP contribution is -2.64. The molecule has 2 aromatic rings. The molecule has 4 heterocycles. The number of fused-ring (bicyclic) bond motifs is 5. The molecule has 0 radical (unpaired) electrons. The number of amides is 5. The van der Waals surface area contributed by atoms with Crippen molar-refractivity contribution in [3.05, 3.63) is 42.5 Å². The van der Waals surface area contributed by atoms with Crippen LogP contribution in [0, 0.1) is 17.8 Å². The van der Waals surface area contributed by atoms with E-state index >= 15 is 4.79 Å². The van der Waals surface area contributed by atoms with E-state index in [9.17, 15) is 27.6 Å². The van der Waals surface area contributed by atoms with Gasteiger partial charge in [0.25, 0.3) is 5.91 Å². The minimum Gasteiger partial charge on any atom is -0.492 e. The van der Waals surface area contributed by atoms with E-state index in [0.29, 0.717) is 68.9 Å². The van der Waals surface area contributed by atoms with Crippen molar-refractivity contribution < 1.29 is 51.3 Å². The van der Waals surface area contributed by atoms with Gasteiger partial charge < -0.3 is 39.4 Å². The number of pyridine rings is 1. The Bertz CT molecular complexity index is 2480. The Balaban J connectivity index is 1.08. The van der Waals surface area contributed by atoms with Gasteiger partial charge in [-0.15, -0.1) is 6.58 Å². The number of hydrogen-bond acceptors (Lipinski definition) is 13. The first-order valence-electron chi connectivity index (χ1n) is 26.9. The van der Waals surface area contributed by atoms with Crippen molar-refractivity contribution in [3.63, 3.8) is 0 Å². The van der Waals surface area contributed by atoms with Crippen molar-refractivity contribution in [1.82, 2.24) is 35.0 Å². The highest BCUT2D eigenvalue weighted by molar-refractivity contribution is 7.91. The number of aromatic nitrogens is 1. The van der Waals surface area contributed by atoms with Crippen LogP contribution >= 0.6 is 0 Å². The van der Waals surface area contributed by atoms with Gasteiger partial charge in [0.05, 0.1) is 29.0 Å². The predicted octanol–water partition coefficient (Wildman–Crippen LogP) is 6.78. The molecule has 73 heavy (non-hydrogen) atoms. The van der Waals surface area contributed by atoms with Crippen LogP contribution in [0.5, 0.6) is 11.6 Å². The van der Waals surface area contributed by atoms with Crippen LogP contribution in [0.4, 0.5) is 9.59 Å². The quantitative estimate of drug-likeness (QED) is 0.140. The van der Waals surface area contributed by atoms with Crippen molar-refractivity contribution in [2.24, 2.45) is 17.8 Å². The van der Waals surface area contributed by atoms with E-state index in [1.165, 1.54) is 17.9 Å². The molecular weight excluding hydrogens is 955 g/mol. The summed E-state index contributed by atoms with van der Waals surface area (Å²) in [7, 11) is -4.08. The van der Waals surface area contributed by atoms with E-state index in [-0.39, 0.29) is 37.0 Å². The summed E-state index contributed by atoms with van der Waals surface area (Å²) >= 11 is 0. The van der Waals surface area contributed by atoms with Crippen LogP contribution < -0.4 is 24.8 Å². The van der Waals surface area contributed by atoms with Gasteiger partial charge >= 0.3 is 12.2 Å². The van der Waals surface area contributed by atoms with Gasteiger partial charge in [0.2, 0.25) is 27.7 Å². The minimum absolute atomic E-state index is 0.00499. The highest BCUT2D eigenvalue weighted by atomic mass is 32.2. The molecule has 0 spiro atoms. The molecule has 2 saturated heterocycles. The smallest absolute Gasteiger partial charge is 0.410 e. The molecule has 1 aromatic carbocycles. The minimum atomic E-state index is -4.08. The van der Waals surface area contributed by atoms with Crippen molar-refractivity contribution in [3.8, 4) is 11.6 Å². The van der Waals surface area contributed by atoms with Crippen LogP contribution in [-0.2, 0) is 40.3 Å². The van der Waals surface area contributed by atoms with Gasteiger partial charge in [-0.25, -0.2) is 23.0 Å². The largest absolute Gasteiger partial charge is 0.492 e. The van der Waals surface area contributed by atoms with Crippen LogP contribution in [0.15, 0.2) is 36.9 Å². The van der Waals surface area contributed by atoms with Crippen LogP contribution in [0.1, 0.15) is 137 Å². The first-order valence-corrected chi connectivity index (χ1v) is 28.4. The molecule has 3 saturated carbocycles. The van der Waals surface area contributed by atoms with E-state index in [2.05, 4.69) is 26.8 Å². The highest BCUT2D eigenvalue weighted by Crippen LogP contribution is 2.43. The number of nitrogens with one attached hydrogen (secondary N) is 3. The Morgan fingerprint density at radius 1 is 0.959 bits per heavy atom. The number of carbonyl (C=O) groups excluding carboxylic acids is 5. The molecule has 5 amide bonds. The molecule has 3 aliphatic carbocycles. The number of sulfonamides is 1. The van der Waals surface area contributed by atoms with Crippen molar-refractivity contribution in [2.45, 2.75) is 178 Å². The van der Waals surface area contributed by atoms with Crippen molar-refractivity contribution in [1.29, 1.82) is 0 Å². The van der Waals surface area contributed by atoms with Gasteiger partial charge in [0.1, 0.15) is 41.2 Å². The topological polar surface area (TPSA) is 215 Å². The zero-order chi connectivity index (χ0) is 52.3. The lowest BCUT2D eigenvalue weighted by molar-refractivity contribution is -0.143. The maximum absolute atomic E-state index is 15.3. The van der Waals surface area contributed by atoms with Crippen LogP contribution in [0.3, 0.4) is 0 Å². The molecule has 6 aliphatic rings. The van der Waals surface area contributed by atoms with E-state index < -0.39 is 73.8 Å². The van der Waals surface area contributed by atoms with Gasteiger partial charge in [-0.05, 0) is 116 Å². The number of rotatable bonds is 13. The van der Waals surface area contributed by atoms with Gasteiger partial charge in [-0.1, -0.05) is 57.2 Å². The van der Waals surface area contributed by atoms with Gasteiger partial charge in [0.15, 0.2) is 0 Å². The maximum atomic E-state index is 15.3. The summed E-state index contributed by atoms with van der Waals surface area (Å²) in [5.74, 6) is -1.75. The summed E-state index contributed by atoms with van der Waals surface area (Å²) < 4.78 is 53.2. The number of ether oxygens (including phenoxy) is 4. The average Bonchev–Trinajstić information content (AvgIpc) is 4.25. The third-order valence-corrected chi connectivity index (χ3v) is 18.3. The molecule has 7 unspecified atom stereocenters. The SMILES string of the molecule is C=CC(C)C(C)(NC(=O)C1CC2CN1C(=O)C(C1CCCCC1)NC(=O)OC1CC1CCCCCc1c(nc3ccccc3c1OCCCN1CCN(C(=O)OC(C)(C)C)CC1)O2)C(=O)NS(=O)(=O)C1(C)CC1. The number of para-hydroxylation sites is 1. The maximum Gasteiger partial charge on any atom is 0.410 e. The fourth-order valence-corrected chi connectivity index (χ4v) is 12.1. The third kappa shape index (κ3) is 12.9. The zero-order valence-corrected chi connectivity index (χ0v) is 44.7. The van der Waals surface area contributed by atoms with Crippen LogP contribution in [0.25, 0.3) is 10.9 Å². The molecule has 7 atom stereocenters. The lowest BCUT2D eigenvalue weighted by Gasteiger charge is -2.37. The normalized spacial score (nSPS) is 26.5. The standard InChI is InChI=1S/C54H79N7O11S/c1-8-35(2)54(7,49(64)58-73(67,68)53(6)24-25-53)57-46(62)42-33-38-34-61(42)48(63)44(36-18-11-9-12-19-36)56-50(65)71-43-32-37(43)20-13-10-14-22-40-45(39-21-15-16-23-41(39)55-47(40)70-38)69-31-17-26-59-27-29-60(30-28-59)51(66)72-52(3,4)5/h8,15-16,21,23,35-38,42-44H,1,9-14,17-20,22,24-34H2,2-7H3,(H,56,65)(H,57,62)(H,58,64). The first-order chi connectivity index (χ1) is 34.7. The molecule has 3 aliphatic heterocycles. The van der Waals surface area contributed by atoms with Gasteiger partial charge in [0, 0.05) is 50.4 Å². The van der Waals surface area contributed by atoms with Crippen molar-refractivity contribution in [2.75, 3.05) is 45.9 Å². The van der Waals surface area contributed by atoms with E-state index in [4.69, 9.17) is 23.9 Å². The van der Waals surface area contributed by atoms with E-state index in [0.717, 1.165) is 88.4 Å². The number of benzene rings is 1. The second-order valence-electron chi connectivity index (χ2n) is 22.9. The molecule has 1 aromatic heterocycles. The summed E-state index contributed by atoms with van der Waals surface area (Å²) in [6, 6.07) is 5.58. The number of carbonyl (C=O) groups is 5. The molecule has 2 bridgehead atoms. The highest BCUT2D eigenvalue weighted by Gasteiger charge is 2.54. The van der Waals surface area contributed by atoms with E-state index in [1.54, 1.807) is 18.7 Å². The van der Waals surface area contributed by atoms with Gasteiger partial charge in [-0.2, -0.15) is 0 Å². The second-order valence-corrected chi connectivity index (χ2v) is 25.1. The fraction of sp³-hybridized carbons (Fsp3) is 0.704.